The molecule has 0 aliphatic heterocycles. The molecule has 1 aliphatic rings. The summed E-state index contributed by atoms with van der Waals surface area (Å²) in [7, 11) is 0. The highest BCUT2D eigenvalue weighted by atomic mass is 14.8. The number of hydrogen-bond acceptors (Lipinski definition) is 1. The maximum Gasteiger partial charge on any atom is -0.00204 e. The molecule has 1 heteroatoms. The van der Waals surface area contributed by atoms with Gasteiger partial charge >= 0.3 is 0 Å². The van der Waals surface area contributed by atoms with E-state index in [4.69, 9.17) is 0 Å². The first-order valence-corrected chi connectivity index (χ1v) is 5.43. The Morgan fingerprint density at radius 2 is 1.67 bits per heavy atom. The molecule has 2 atom stereocenters. The summed E-state index contributed by atoms with van der Waals surface area (Å²) in [5.74, 6) is 2.86. The molecule has 0 amide bonds. The Hall–Kier alpha value is -0.0400. The first-order chi connectivity index (χ1) is 5.72. The second kappa shape index (κ2) is 4.86. The van der Waals surface area contributed by atoms with E-state index >= 15 is 0 Å². The molecule has 1 N–H and O–H groups in total. The third kappa shape index (κ3) is 3.14. The van der Waals surface area contributed by atoms with E-state index in [0.717, 1.165) is 24.3 Å². The fraction of sp³-hybridized carbons (Fsp3) is 1.00. The first kappa shape index (κ1) is 10.0. The minimum absolute atomic E-state index is 0.948. The van der Waals surface area contributed by atoms with Gasteiger partial charge in [0.05, 0.1) is 0 Å². The molecule has 1 aliphatic carbocycles. The van der Waals surface area contributed by atoms with Crippen LogP contribution in [0.3, 0.4) is 0 Å². The van der Waals surface area contributed by atoms with Gasteiger partial charge in [-0.15, -0.1) is 0 Å². The van der Waals surface area contributed by atoms with Gasteiger partial charge < -0.3 is 5.32 Å². The zero-order valence-corrected chi connectivity index (χ0v) is 8.77. The predicted molar refractivity (Wildman–Crippen MR) is 54.2 cm³/mol. The summed E-state index contributed by atoms with van der Waals surface area (Å²) in [5.41, 5.74) is 0. The summed E-state index contributed by atoms with van der Waals surface area (Å²) >= 11 is 0. The molecule has 72 valence electrons. The van der Waals surface area contributed by atoms with Gasteiger partial charge in [0.15, 0.2) is 0 Å². The SMILES string of the molecule is CCNCC1CC(C)CC(C)C1. The van der Waals surface area contributed by atoms with Gasteiger partial charge in [-0.25, -0.2) is 0 Å². The van der Waals surface area contributed by atoms with E-state index in [9.17, 15) is 0 Å². The Balaban J connectivity index is 2.24. The molecule has 2 unspecified atom stereocenters. The third-order valence-corrected chi connectivity index (χ3v) is 2.96. The maximum atomic E-state index is 3.46. The molecule has 1 rings (SSSR count). The Labute approximate surface area is 76.9 Å². The van der Waals surface area contributed by atoms with Crippen molar-refractivity contribution < 1.29 is 0 Å². The van der Waals surface area contributed by atoms with Crippen molar-refractivity contribution >= 4 is 0 Å². The predicted octanol–water partition coefficient (Wildman–Crippen LogP) is 2.67. The third-order valence-electron chi connectivity index (χ3n) is 2.96. The van der Waals surface area contributed by atoms with E-state index in [-0.39, 0.29) is 0 Å². The highest BCUT2D eigenvalue weighted by Gasteiger charge is 2.22. The Bertz CT molecular complexity index is 112. The van der Waals surface area contributed by atoms with Crippen LogP contribution >= 0.6 is 0 Å². The lowest BCUT2D eigenvalue weighted by Gasteiger charge is -2.31. The van der Waals surface area contributed by atoms with Crippen molar-refractivity contribution in [3.8, 4) is 0 Å². The van der Waals surface area contributed by atoms with E-state index in [1.165, 1.54) is 25.8 Å². The molecule has 0 bridgehead atoms. The van der Waals surface area contributed by atoms with Crippen molar-refractivity contribution in [2.75, 3.05) is 13.1 Å². The lowest BCUT2D eigenvalue weighted by atomic mass is 9.77. The number of rotatable bonds is 3. The second-order valence-electron chi connectivity index (χ2n) is 4.59. The van der Waals surface area contributed by atoms with Crippen LogP contribution < -0.4 is 5.32 Å². The van der Waals surface area contributed by atoms with Crippen LogP contribution in [0.2, 0.25) is 0 Å². The average molecular weight is 169 g/mol. The van der Waals surface area contributed by atoms with E-state index in [1.54, 1.807) is 0 Å². The van der Waals surface area contributed by atoms with E-state index < -0.39 is 0 Å². The summed E-state index contributed by atoms with van der Waals surface area (Å²) in [4.78, 5) is 0. The largest absolute Gasteiger partial charge is 0.317 e. The lowest BCUT2D eigenvalue weighted by Crippen LogP contribution is -2.29. The van der Waals surface area contributed by atoms with Crippen LogP contribution in [0, 0.1) is 17.8 Å². The molecule has 0 spiro atoms. The fourth-order valence-corrected chi connectivity index (χ4v) is 2.63. The number of nitrogens with one attached hydrogen (secondary N) is 1. The van der Waals surface area contributed by atoms with Gasteiger partial charge in [0.2, 0.25) is 0 Å². The highest BCUT2D eigenvalue weighted by Crippen LogP contribution is 2.32. The fourth-order valence-electron chi connectivity index (χ4n) is 2.63. The molecule has 12 heavy (non-hydrogen) atoms. The smallest absolute Gasteiger partial charge is 0.00204 e. The first-order valence-electron chi connectivity index (χ1n) is 5.43. The van der Waals surface area contributed by atoms with Crippen LogP contribution in [-0.2, 0) is 0 Å². The van der Waals surface area contributed by atoms with Gasteiger partial charge in [0, 0.05) is 0 Å². The Kier molecular flexibility index (Phi) is 4.07. The number of hydrogen-bond donors (Lipinski definition) is 1. The van der Waals surface area contributed by atoms with Gasteiger partial charge in [-0.1, -0.05) is 20.8 Å². The minimum atomic E-state index is 0.948. The molecule has 0 aromatic rings. The quantitative estimate of drug-likeness (QED) is 0.685. The van der Waals surface area contributed by atoms with Crippen LogP contribution in [0.25, 0.3) is 0 Å². The minimum Gasteiger partial charge on any atom is -0.317 e. The van der Waals surface area contributed by atoms with E-state index in [2.05, 4.69) is 26.1 Å². The maximum absolute atomic E-state index is 3.46. The van der Waals surface area contributed by atoms with Crippen molar-refractivity contribution in [1.29, 1.82) is 0 Å². The highest BCUT2D eigenvalue weighted by molar-refractivity contribution is 4.75. The molecule has 0 radical (unpaired) electrons. The molecule has 0 saturated heterocycles. The van der Waals surface area contributed by atoms with Gasteiger partial charge in [-0.3, -0.25) is 0 Å². The normalized spacial score (nSPS) is 36.8. The van der Waals surface area contributed by atoms with Crippen LogP contribution in [0.4, 0.5) is 0 Å². The molecule has 1 fully saturated rings. The summed E-state index contributed by atoms with van der Waals surface area (Å²) in [6, 6.07) is 0. The van der Waals surface area contributed by atoms with Crippen molar-refractivity contribution in [2.24, 2.45) is 17.8 Å². The topological polar surface area (TPSA) is 12.0 Å². The molecular formula is C11H23N. The van der Waals surface area contributed by atoms with Crippen LogP contribution in [0.1, 0.15) is 40.0 Å². The van der Waals surface area contributed by atoms with Crippen molar-refractivity contribution in [1.82, 2.24) is 5.32 Å². The van der Waals surface area contributed by atoms with Crippen molar-refractivity contribution in [2.45, 2.75) is 40.0 Å². The van der Waals surface area contributed by atoms with E-state index in [1.807, 2.05) is 0 Å². The second-order valence-corrected chi connectivity index (χ2v) is 4.59. The average Bonchev–Trinajstić information content (AvgIpc) is 1.99. The Morgan fingerprint density at radius 3 is 2.17 bits per heavy atom. The Morgan fingerprint density at radius 1 is 1.08 bits per heavy atom. The van der Waals surface area contributed by atoms with Gasteiger partial charge in [0.1, 0.15) is 0 Å². The molecule has 0 aromatic heterocycles. The molecule has 0 aromatic carbocycles. The van der Waals surface area contributed by atoms with Gasteiger partial charge in [0.25, 0.3) is 0 Å². The molecule has 1 saturated carbocycles. The summed E-state index contributed by atoms with van der Waals surface area (Å²) in [6.45, 7) is 9.35. The monoisotopic (exact) mass is 169 g/mol. The van der Waals surface area contributed by atoms with E-state index in [0.29, 0.717) is 0 Å². The standard InChI is InChI=1S/C11H23N/c1-4-12-8-11-6-9(2)5-10(3)7-11/h9-12H,4-8H2,1-3H3. The molecular weight excluding hydrogens is 146 g/mol. The van der Waals surface area contributed by atoms with Gasteiger partial charge in [-0.2, -0.15) is 0 Å². The van der Waals surface area contributed by atoms with Gasteiger partial charge in [-0.05, 0) is 50.1 Å². The van der Waals surface area contributed by atoms with Crippen molar-refractivity contribution in [3.05, 3.63) is 0 Å². The zero-order valence-electron chi connectivity index (χ0n) is 8.77. The zero-order chi connectivity index (χ0) is 8.97. The summed E-state index contributed by atoms with van der Waals surface area (Å²) in [5, 5.41) is 3.46. The summed E-state index contributed by atoms with van der Waals surface area (Å²) < 4.78 is 0. The summed E-state index contributed by atoms with van der Waals surface area (Å²) in [6.07, 6.45) is 4.33. The molecule has 0 heterocycles. The van der Waals surface area contributed by atoms with Crippen molar-refractivity contribution in [3.63, 3.8) is 0 Å². The van der Waals surface area contributed by atoms with Crippen LogP contribution in [-0.4, -0.2) is 13.1 Å². The molecule has 1 nitrogen and oxygen atoms in total. The van der Waals surface area contributed by atoms with Crippen LogP contribution in [0.5, 0.6) is 0 Å². The lowest BCUT2D eigenvalue weighted by molar-refractivity contribution is 0.215. The van der Waals surface area contributed by atoms with Crippen LogP contribution in [0.15, 0.2) is 0 Å².